The van der Waals surface area contributed by atoms with E-state index in [1.54, 1.807) is 13.8 Å². The number of aromatic nitrogens is 3. The molecular weight excluding hydrogens is 360 g/mol. The number of hydrogen-bond acceptors (Lipinski definition) is 9. The van der Waals surface area contributed by atoms with Crippen molar-refractivity contribution in [1.29, 1.82) is 0 Å². The van der Waals surface area contributed by atoms with E-state index in [1.807, 2.05) is 36.1 Å². The Morgan fingerprint density at radius 3 is 2.79 bits per heavy atom. The van der Waals surface area contributed by atoms with Crippen molar-refractivity contribution in [2.75, 3.05) is 43.2 Å². The van der Waals surface area contributed by atoms with Gasteiger partial charge in [0.15, 0.2) is 5.82 Å². The summed E-state index contributed by atoms with van der Waals surface area (Å²) >= 11 is 0. The Morgan fingerprint density at radius 2 is 2.07 bits per heavy atom. The topological polar surface area (TPSA) is 105 Å². The SMILES string of the molecule is Cc1cccc(N/N=C/c2nc(OCC(C)(C)O)nc(N3CCOCC3)n2)c1. The first kappa shape index (κ1) is 20.0. The van der Waals surface area contributed by atoms with Crippen molar-refractivity contribution in [3.05, 3.63) is 35.7 Å². The van der Waals surface area contributed by atoms with E-state index in [2.05, 4.69) is 25.5 Å². The number of aliphatic hydroxyl groups is 1. The van der Waals surface area contributed by atoms with Crippen molar-refractivity contribution < 1.29 is 14.6 Å². The molecule has 9 nitrogen and oxygen atoms in total. The molecule has 1 saturated heterocycles. The van der Waals surface area contributed by atoms with Crippen molar-refractivity contribution in [2.45, 2.75) is 26.4 Å². The van der Waals surface area contributed by atoms with E-state index in [4.69, 9.17) is 9.47 Å². The molecule has 0 atom stereocenters. The van der Waals surface area contributed by atoms with Crippen LogP contribution in [-0.4, -0.2) is 64.8 Å². The molecule has 0 bridgehead atoms. The lowest BCUT2D eigenvalue weighted by Crippen LogP contribution is -2.37. The maximum absolute atomic E-state index is 9.90. The Hall–Kier alpha value is -2.78. The molecule has 3 rings (SSSR count). The van der Waals surface area contributed by atoms with Gasteiger partial charge in [-0.05, 0) is 38.5 Å². The number of rotatable bonds is 7. The first-order valence-corrected chi connectivity index (χ1v) is 9.19. The molecular formula is C19H26N6O3. The number of hydrogen-bond donors (Lipinski definition) is 2. The van der Waals surface area contributed by atoms with Gasteiger partial charge in [-0.25, -0.2) is 0 Å². The fourth-order valence-electron chi connectivity index (χ4n) is 2.51. The highest BCUT2D eigenvalue weighted by molar-refractivity contribution is 5.75. The summed E-state index contributed by atoms with van der Waals surface area (Å²) in [5.41, 5.74) is 3.98. The lowest BCUT2D eigenvalue weighted by Gasteiger charge is -2.27. The summed E-state index contributed by atoms with van der Waals surface area (Å²) in [4.78, 5) is 15.1. The monoisotopic (exact) mass is 386 g/mol. The van der Waals surface area contributed by atoms with Crippen LogP contribution in [0, 0.1) is 6.92 Å². The molecule has 2 N–H and O–H groups in total. The maximum Gasteiger partial charge on any atom is 0.321 e. The van der Waals surface area contributed by atoms with Crippen LogP contribution in [0.5, 0.6) is 6.01 Å². The second kappa shape index (κ2) is 8.94. The highest BCUT2D eigenvalue weighted by Crippen LogP contribution is 2.15. The molecule has 0 radical (unpaired) electrons. The average molecular weight is 386 g/mol. The summed E-state index contributed by atoms with van der Waals surface area (Å²) in [5, 5.41) is 14.1. The van der Waals surface area contributed by atoms with Gasteiger partial charge in [0.25, 0.3) is 0 Å². The maximum atomic E-state index is 9.90. The number of anilines is 2. The van der Waals surface area contributed by atoms with Gasteiger partial charge in [-0.3, -0.25) is 5.43 Å². The molecule has 1 aromatic heterocycles. The first-order valence-electron chi connectivity index (χ1n) is 9.19. The van der Waals surface area contributed by atoms with Crippen molar-refractivity contribution in [3.63, 3.8) is 0 Å². The van der Waals surface area contributed by atoms with Crippen LogP contribution in [-0.2, 0) is 4.74 Å². The lowest BCUT2D eigenvalue weighted by atomic mass is 10.2. The zero-order valence-corrected chi connectivity index (χ0v) is 16.4. The second-order valence-corrected chi connectivity index (χ2v) is 7.22. The summed E-state index contributed by atoms with van der Waals surface area (Å²) in [5.74, 6) is 0.864. The quantitative estimate of drug-likeness (QED) is 0.546. The molecule has 0 saturated carbocycles. The fraction of sp³-hybridized carbons (Fsp3) is 0.474. The van der Waals surface area contributed by atoms with E-state index in [1.165, 1.54) is 6.21 Å². The third-order valence-electron chi connectivity index (χ3n) is 3.86. The Morgan fingerprint density at radius 1 is 1.29 bits per heavy atom. The smallest absolute Gasteiger partial charge is 0.321 e. The van der Waals surface area contributed by atoms with E-state index < -0.39 is 5.60 Å². The molecule has 0 spiro atoms. The predicted octanol–water partition coefficient (Wildman–Crippen LogP) is 1.61. The van der Waals surface area contributed by atoms with Gasteiger partial charge in [-0.2, -0.15) is 20.1 Å². The molecule has 28 heavy (non-hydrogen) atoms. The Kier molecular flexibility index (Phi) is 6.37. The predicted molar refractivity (Wildman–Crippen MR) is 107 cm³/mol. The van der Waals surface area contributed by atoms with Gasteiger partial charge < -0.3 is 19.5 Å². The number of ether oxygens (including phenoxy) is 2. The zero-order valence-electron chi connectivity index (χ0n) is 16.4. The van der Waals surface area contributed by atoms with Crippen molar-refractivity contribution in [2.24, 2.45) is 5.10 Å². The fourth-order valence-corrected chi connectivity index (χ4v) is 2.51. The van der Waals surface area contributed by atoms with Crippen LogP contribution in [0.15, 0.2) is 29.4 Å². The molecule has 9 heteroatoms. The van der Waals surface area contributed by atoms with Gasteiger partial charge in [0.1, 0.15) is 6.61 Å². The summed E-state index contributed by atoms with van der Waals surface area (Å²) in [6.45, 7) is 8.00. The minimum Gasteiger partial charge on any atom is -0.460 e. The number of morpholine rings is 1. The van der Waals surface area contributed by atoms with Gasteiger partial charge in [-0.1, -0.05) is 12.1 Å². The largest absolute Gasteiger partial charge is 0.460 e. The molecule has 2 aromatic rings. The van der Waals surface area contributed by atoms with Gasteiger partial charge >= 0.3 is 6.01 Å². The Labute approximate surface area is 164 Å². The summed E-state index contributed by atoms with van der Waals surface area (Å²) in [6.07, 6.45) is 1.52. The van der Waals surface area contributed by atoms with Crippen molar-refractivity contribution >= 4 is 17.9 Å². The number of nitrogens with one attached hydrogen (secondary N) is 1. The molecule has 0 aliphatic carbocycles. The van der Waals surface area contributed by atoms with E-state index in [0.29, 0.717) is 38.1 Å². The zero-order chi connectivity index (χ0) is 20.0. The molecule has 1 aliphatic rings. The summed E-state index contributed by atoms with van der Waals surface area (Å²) < 4.78 is 11.0. The molecule has 150 valence electrons. The van der Waals surface area contributed by atoms with E-state index in [-0.39, 0.29) is 12.6 Å². The third kappa shape index (κ3) is 6.14. The molecule has 0 amide bonds. The van der Waals surface area contributed by atoms with Crippen LogP contribution in [0.3, 0.4) is 0 Å². The number of aryl methyl sites for hydroxylation is 1. The Bertz CT molecular complexity index is 816. The lowest BCUT2D eigenvalue weighted by molar-refractivity contribution is 0.0249. The van der Waals surface area contributed by atoms with Gasteiger partial charge in [-0.15, -0.1) is 0 Å². The summed E-state index contributed by atoms with van der Waals surface area (Å²) in [7, 11) is 0. The van der Waals surface area contributed by atoms with Crippen LogP contribution in [0.4, 0.5) is 11.6 Å². The van der Waals surface area contributed by atoms with Crippen LogP contribution in [0.2, 0.25) is 0 Å². The van der Waals surface area contributed by atoms with E-state index >= 15 is 0 Å². The Balaban J connectivity index is 1.78. The summed E-state index contributed by atoms with van der Waals surface area (Å²) in [6, 6.07) is 8.03. The third-order valence-corrected chi connectivity index (χ3v) is 3.86. The van der Waals surface area contributed by atoms with E-state index in [0.717, 1.165) is 11.3 Å². The molecule has 2 heterocycles. The molecule has 0 unspecified atom stereocenters. The van der Waals surface area contributed by atoms with Crippen molar-refractivity contribution in [1.82, 2.24) is 15.0 Å². The number of benzene rings is 1. The van der Waals surface area contributed by atoms with E-state index in [9.17, 15) is 5.11 Å². The van der Waals surface area contributed by atoms with Gasteiger partial charge in [0.2, 0.25) is 5.95 Å². The number of hydrazone groups is 1. The average Bonchev–Trinajstić information content (AvgIpc) is 2.67. The van der Waals surface area contributed by atoms with Crippen LogP contribution < -0.4 is 15.1 Å². The highest BCUT2D eigenvalue weighted by Gasteiger charge is 2.19. The van der Waals surface area contributed by atoms with Crippen molar-refractivity contribution in [3.8, 4) is 6.01 Å². The van der Waals surface area contributed by atoms with Crippen LogP contribution in [0.1, 0.15) is 25.2 Å². The second-order valence-electron chi connectivity index (χ2n) is 7.22. The molecule has 1 aliphatic heterocycles. The highest BCUT2D eigenvalue weighted by atomic mass is 16.5. The normalized spacial score (nSPS) is 15.1. The van der Waals surface area contributed by atoms with Gasteiger partial charge in [0, 0.05) is 13.1 Å². The minimum absolute atomic E-state index is 0.0672. The number of nitrogens with zero attached hydrogens (tertiary/aromatic N) is 5. The molecule has 1 aromatic carbocycles. The van der Waals surface area contributed by atoms with Gasteiger partial charge in [0.05, 0.1) is 30.7 Å². The van der Waals surface area contributed by atoms with Crippen LogP contribution in [0.25, 0.3) is 0 Å². The molecule has 1 fully saturated rings. The standard InChI is InChI=1S/C19H26N6O3/c1-14-5-4-6-15(11-14)24-20-12-16-21-17(25-7-9-27-10-8-25)23-18(22-16)28-13-19(2,3)26/h4-6,11-12,24,26H,7-10,13H2,1-3H3/b20-12+. The first-order chi connectivity index (χ1) is 13.4. The minimum atomic E-state index is -0.993. The van der Waals surface area contributed by atoms with Crippen LogP contribution >= 0.6 is 0 Å².